The molecule has 0 atom stereocenters. The number of nitrogens with two attached hydrogens (primary N) is 1. The number of aryl methyl sites for hydroxylation is 1. The number of nitrogen functional groups attached to an aromatic ring is 1. The van der Waals surface area contributed by atoms with Gasteiger partial charge in [0, 0.05) is 11.8 Å². The maximum Gasteiger partial charge on any atom is 0.121 e. The second-order valence-corrected chi connectivity index (χ2v) is 4.95. The topological polar surface area (TPSA) is 35.2 Å². The van der Waals surface area contributed by atoms with E-state index in [2.05, 4.69) is 36.4 Å². The van der Waals surface area contributed by atoms with Gasteiger partial charge in [0.1, 0.15) is 12.4 Å². The van der Waals surface area contributed by atoms with E-state index in [-0.39, 0.29) is 0 Å². The zero-order valence-corrected chi connectivity index (χ0v) is 11.5. The molecule has 0 aliphatic heterocycles. The minimum absolute atomic E-state index is 0.545. The van der Waals surface area contributed by atoms with Gasteiger partial charge < -0.3 is 10.5 Å². The minimum Gasteiger partial charge on any atom is -0.489 e. The molecule has 0 amide bonds. The van der Waals surface area contributed by atoms with E-state index in [1.54, 1.807) is 0 Å². The highest BCUT2D eigenvalue weighted by atomic mass is 16.5. The molecule has 2 nitrogen and oxygen atoms in total. The molecule has 100 valence electrons. The second-order valence-electron chi connectivity index (χ2n) is 4.95. The first kappa shape index (κ1) is 12.5. The van der Waals surface area contributed by atoms with Gasteiger partial charge in [0.25, 0.3) is 0 Å². The van der Waals surface area contributed by atoms with Crippen molar-refractivity contribution in [2.75, 3.05) is 5.73 Å². The summed E-state index contributed by atoms with van der Waals surface area (Å²) in [4.78, 5) is 0. The van der Waals surface area contributed by atoms with Crippen LogP contribution in [-0.4, -0.2) is 0 Å². The lowest BCUT2D eigenvalue weighted by atomic mass is 10.1. The molecule has 0 heterocycles. The van der Waals surface area contributed by atoms with Crippen LogP contribution < -0.4 is 10.5 Å². The van der Waals surface area contributed by atoms with Gasteiger partial charge in [-0.05, 0) is 34.9 Å². The lowest BCUT2D eigenvalue weighted by molar-refractivity contribution is 0.308. The van der Waals surface area contributed by atoms with Crippen LogP contribution in [0.25, 0.3) is 10.8 Å². The third-order valence-electron chi connectivity index (χ3n) is 3.52. The first-order chi connectivity index (χ1) is 9.74. The number of fused-ring (bicyclic) bond motifs is 1. The van der Waals surface area contributed by atoms with Gasteiger partial charge >= 0.3 is 0 Å². The largest absolute Gasteiger partial charge is 0.489 e. The van der Waals surface area contributed by atoms with Crippen molar-refractivity contribution in [1.82, 2.24) is 0 Å². The Balaban J connectivity index is 1.85. The van der Waals surface area contributed by atoms with Crippen molar-refractivity contribution in [3.05, 3.63) is 71.8 Å². The van der Waals surface area contributed by atoms with E-state index in [4.69, 9.17) is 10.5 Å². The van der Waals surface area contributed by atoms with Crippen molar-refractivity contribution in [2.24, 2.45) is 0 Å². The number of benzene rings is 3. The van der Waals surface area contributed by atoms with Crippen molar-refractivity contribution < 1.29 is 4.74 Å². The highest BCUT2D eigenvalue weighted by molar-refractivity contribution is 5.85. The van der Waals surface area contributed by atoms with Crippen LogP contribution in [0.1, 0.15) is 11.1 Å². The first-order valence-electron chi connectivity index (χ1n) is 6.69. The molecule has 2 heteroatoms. The minimum atomic E-state index is 0.545. The van der Waals surface area contributed by atoms with Crippen LogP contribution in [0, 0.1) is 6.92 Å². The standard InChI is InChI=1S/C18H17NO/c1-13-9-10-16(11-18(13)19)20-12-15-7-4-6-14-5-2-3-8-17(14)15/h2-11H,12,19H2,1H3. The Bertz CT molecular complexity index is 744. The molecule has 0 aliphatic rings. The van der Waals surface area contributed by atoms with Gasteiger partial charge in [-0.25, -0.2) is 0 Å². The summed E-state index contributed by atoms with van der Waals surface area (Å²) in [5, 5.41) is 2.46. The normalized spacial score (nSPS) is 10.7. The molecule has 0 bridgehead atoms. The van der Waals surface area contributed by atoms with Crippen LogP contribution in [0.3, 0.4) is 0 Å². The molecule has 0 fully saturated rings. The third-order valence-corrected chi connectivity index (χ3v) is 3.52. The summed E-state index contributed by atoms with van der Waals surface area (Å²) in [6.07, 6.45) is 0. The summed E-state index contributed by atoms with van der Waals surface area (Å²) >= 11 is 0. The molecule has 0 saturated heterocycles. The number of ether oxygens (including phenoxy) is 1. The molecule has 3 aromatic rings. The molecule has 3 aromatic carbocycles. The van der Waals surface area contributed by atoms with Gasteiger partial charge in [-0.15, -0.1) is 0 Å². The summed E-state index contributed by atoms with van der Waals surface area (Å²) in [6, 6.07) is 20.4. The van der Waals surface area contributed by atoms with Crippen LogP contribution in [0.5, 0.6) is 5.75 Å². The van der Waals surface area contributed by atoms with Crippen molar-refractivity contribution in [3.63, 3.8) is 0 Å². The van der Waals surface area contributed by atoms with Crippen molar-refractivity contribution in [3.8, 4) is 5.75 Å². The first-order valence-corrected chi connectivity index (χ1v) is 6.69. The van der Waals surface area contributed by atoms with Gasteiger partial charge in [-0.2, -0.15) is 0 Å². The van der Waals surface area contributed by atoms with Gasteiger partial charge in [-0.3, -0.25) is 0 Å². The van der Waals surface area contributed by atoms with Crippen LogP contribution in [0.2, 0.25) is 0 Å². The Morgan fingerprint density at radius 2 is 1.75 bits per heavy atom. The quantitative estimate of drug-likeness (QED) is 0.715. The van der Waals surface area contributed by atoms with Crippen molar-refractivity contribution >= 4 is 16.5 Å². The van der Waals surface area contributed by atoms with E-state index < -0.39 is 0 Å². The summed E-state index contributed by atoms with van der Waals surface area (Å²) in [6.45, 7) is 2.54. The van der Waals surface area contributed by atoms with Gasteiger partial charge in [-0.1, -0.05) is 48.5 Å². The molecule has 20 heavy (non-hydrogen) atoms. The molecule has 0 saturated carbocycles. The summed E-state index contributed by atoms with van der Waals surface area (Å²) in [7, 11) is 0. The summed E-state index contributed by atoms with van der Waals surface area (Å²) < 4.78 is 5.86. The van der Waals surface area contributed by atoms with Crippen LogP contribution in [0.4, 0.5) is 5.69 Å². The lowest BCUT2D eigenvalue weighted by Crippen LogP contribution is -1.98. The molecule has 0 radical (unpaired) electrons. The Morgan fingerprint density at radius 3 is 2.60 bits per heavy atom. The molecule has 0 aliphatic carbocycles. The number of rotatable bonds is 3. The summed E-state index contributed by atoms with van der Waals surface area (Å²) in [5.74, 6) is 0.807. The SMILES string of the molecule is Cc1ccc(OCc2cccc3ccccc23)cc1N. The second kappa shape index (κ2) is 5.25. The molecule has 0 unspecified atom stereocenters. The van der Waals surface area contributed by atoms with E-state index in [0.29, 0.717) is 6.61 Å². The Morgan fingerprint density at radius 1 is 0.950 bits per heavy atom. The van der Waals surface area contributed by atoms with Gasteiger partial charge in [0.15, 0.2) is 0 Å². The van der Waals surface area contributed by atoms with Crippen molar-refractivity contribution in [1.29, 1.82) is 0 Å². The molecular formula is C18H17NO. The van der Waals surface area contributed by atoms with E-state index in [0.717, 1.165) is 17.0 Å². The Hall–Kier alpha value is -2.48. The van der Waals surface area contributed by atoms with Crippen LogP contribution >= 0.6 is 0 Å². The predicted octanol–water partition coefficient (Wildman–Crippen LogP) is 4.31. The highest BCUT2D eigenvalue weighted by Gasteiger charge is 2.02. The highest BCUT2D eigenvalue weighted by Crippen LogP contribution is 2.23. The Kier molecular flexibility index (Phi) is 3.30. The smallest absolute Gasteiger partial charge is 0.121 e. The fraction of sp³-hybridized carbons (Fsp3) is 0.111. The Labute approximate surface area is 118 Å². The zero-order valence-electron chi connectivity index (χ0n) is 11.5. The number of hydrogen-bond donors (Lipinski definition) is 1. The maximum atomic E-state index is 5.90. The monoisotopic (exact) mass is 263 g/mol. The fourth-order valence-corrected chi connectivity index (χ4v) is 2.29. The maximum absolute atomic E-state index is 5.90. The van der Waals surface area contributed by atoms with E-state index in [1.807, 2.05) is 31.2 Å². The van der Waals surface area contributed by atoms with Crippen LogP contribution in [-0.2, 0) is 6.61 Å². The zero-order chi connectivity index (χ0) is 13.9. The van der Waals surface area contributed by atoms with Crippen LogP contribution in [0.15, 0.2) is 60.7 Å². The fourth-order valence-electron chi connectivity index (χ4n) is 2.29. The van der Waals surface area contributed by atoms with E-state index in [9.17, 15) is 0 Å². The predicted molar refractivity (Wildman–Crippen MR) is 83.9 cm³/mol. The van der Waals surface area contributed by atoms with E-state index in [1.165, 1.54) is 16.3 Å². The molecule has 0 aromatic heterocycles. The van der Waals surface area contributed by atoms with Crippen molar-refractivity contribution in [2.45, 2.75) is 13.5 Å². The van der Waals surface area contributed by atoms with Gasteiger partial charge in [0.2, 0.25) is 0 Å². The lowest BCUT2D eigenvalue weighted by Gasteiger charge is -2.10. The van der Waals surface area contributed by atoms with E-state index >= 15 is 0 Å². The molecule has 2 N–H and O–H groups in total. The van der Waals surface area contributed by atoms with Gasteiger partial charge in [0.05, 0.1) is 0 Å². The summed E-state index contributed by atoms with van der Waals surface area (Å²) in [5.41, 5.74) is 8.92. The average Bonchev–Trinajstić information content (AvgIpc) is 2.48. The number of anilines is 1. The molecule has 0 spiro atoms. The molecular weight excluding hydrogens is 246 g/mol. The third kappa shape index (κ3) is 2.45. The molecule has 3 rings (SSSR count). The average molecular weight is 263 g/mol. The number of hydrogen-bond acceptors (Lipinski definition) is 2.